The highest BCUT2D eigenvalue weighted by molar-refractivity contribution is 7.99. The van der Waals surface area contributed by atoms with E-state index in [1.807, 2.05) is 11.5 Å². The molecular weight excluding hydrogens is 353 g/mol. The number of thioether (sulfide) groups is 1. The molecule has 0 saturated heterocycles. The molecule has 0 aliphatic rings. The van der Waals surface area contributed by atoms with E-state index in [1.54, 1.807) is 0 Å². The van der Waals surface area contributed by atoms with E-state index in [0.717, 1.165) is 24.5 Å². The molecule has 0 fully saturated rings. The smallest absolute Gasteiger partial charge is 0.325 e. The quantitative estimate of drug-likeness (QED) is 0.779. The first-order valence-corrected chi connectivity index (χ1v) is 8.65. The van der Waals surface area contributed by atoms with Crippen LogP contribution in [0.25, 0.3) is 0 Å². The van der Waals surface area contributed by atoms with Gasteiger partial charge in [-0.3, -0.25) is 4.79 Å². The Bertz CT molecular complexity index is 743. The van der Waals surface area contributed by atoms with Gasteiger partial charge in [0.1, 0.15) is 5.82 Å². The molecule has 0 unspecified atom stereocenters. The van der Waals surface area contributed by atoms with E-state index < -0.39 is 17.6 Å². The zero-order valence-electron chi connectivity index (χ0n) is 14.1. The van der Waals surface area contributed by atoms with Gasteiger partial charge in [0, 0.05) is 12.2 Å². The molecule has 1 amide bonds. The van der Waals surface area contributed by atoms with Crippen LogP contribution in [-0.4, -0.2) is 26.4 Å². The number of carbonyl (C=O) groups excluding carboxylic acids is 1. The largest absolute Gasteiger partial charge is 0.416 e. The Kier molecular flexibility index (Phi) is 6.10. The zero-order chi connectivity index (χ0) is 18.6. The summed E-state index contributed by atoms with van der Waals surface area (Å²) in [7, 11) is 0. The van der Waals surface area contributed by atoms with Crippen molar-refractivity contribution in [1.29, 1.82) is 0 Å². The van der Waals surface area contributed by atoms with Gasteiger partial charge < -0.3 is 9.88 Å². The Labute approximate surface area is 148 Å². The van der Waals surface area contributed by atoms with Gasteiger partial charge in [-0.05, 0) is 31.0 Å². The molecule has 25 heavy (non-hydrogen) atoms. The Morgan fingerprint density at radius 3 is 2.68 bits per heavy atom. The van der Waals surface area contributed by atoms with Crippen molar-refractivity contribution in [3.63, 3.8) is 0 Å². The second kappa shape index (κ2) is 7.90. The molecule has 0 aliphatic heterocycles. The Balaban J connectivity index is 1.98. The van der Waals surface area contributed by atoms with Crippen molar-refractivity contribution in [2.75, 3.05) is 11.1 Å². The number of anilines is 1. The first-order chi connectivity index (χ1) is 11.7. The molecule has 0 radical (unpaired) electrons. The molecular formula is C16H19F3N4OS. The number of alkyl halides is 3. The minimum absolute atomic E-state index is 0.0342. The monoisotopic (exact) mass is 372 g/mol. The molecule has 1 aromatic heterocycles. The first kappa shape index (κ1) is 19.3. The predicted molar refractivity (Wildman–Crippen MR) is 90.4 cm³/mol. The van der Waals surface area contributed by atoms with Gasteiger partial charge in [0.2, 0.25) is 5.91 Å². The number of amides is 1. The highest BCUT2D eigenvalue weighted by atomic mass is 32.2. The van der Waals surface area contributed by atoms with Gasteiger partial charge in [-0.25, -0.2) is 0 Å². The van der Waals surface area contributed by atoms with Crippen molar-refractivity contribution in [3.05, 3.63) is 35.7 Å². The fourth-order valence-electron chi connectivity index (χ4n) is 2.14. The third-order valence-electron chi connectivity index (χ3n) is 3.26. The molecule has 1 heterocycles. The lowest BCUT2D eigenvalue weighted by atomic mass is 10.2. The summed E-state index contributed by atoms with van der Waals surface area (Å²) in [5, 5.41) is 11.1. The summed E-state index contributed by atoms with van der Waals surface area (Å²) in [5.41, 5.74) is -0.689. The number of carbonyl (C=O) groups is 1. The van der Waals surface area contributed by atoms with Gasteiger partial charge in [0.05, 0.1) is 11.3 Å². The van der Waals surface area contributed by atoms with Gasteiger partial charge in [-0.2, -0.15) is 13.2 Å². The molecule has 9 heteroatoms. The summed E-state index contributed by atoms with van der Waals surface area (Å²) >= 11 is 1.20. The third-order valence-corrected chi connectivity index (χ3v) is 4.22. The summed E-state index contributed by atoms with van der Waals surface area (Å²) < 4.78 is 40.0. The van der Waals surface area contributed by atoms with Crippen molar-refractivity contribution in [2.45, 2.75) is 38.6 Å². The maximum atomic E-state index is 12.7. The fourth-order valence-corrected chi connectivity index (χ4v) is 2.94. The minimum atomic E-state index is -4.44. The normalized spacial score (nSPS) is 11.8. The number of halogens is 3. The van der Waals surface area contributed by atoms with E-state index in [0.29, 0.717) is 11.1 Å². The van der Waals surface area contributed by atoms with E-state index in [4.69, 9.17) is 0 Å². The van der Waals surface area contributed by atoms with E-state index in [1.165, 1.54) is 23.9 Å². The topological polar surface area (TPSA) is 59.8 Å². The van der Waals surface area contributed by atoms with E-state index in [2.05, 4.69) is 29.4 Å². The SMILES string of the molecule is Cc1nnc(SCC(=O)Nc2cccc(C(F)(F)F)c2)n1CC(C)C. The van der Waals surface area contributed by atoms with Gasteiger partial charge in [-0.15, -0.1) is 10.2 Å². The van der Waals surface area contributed by atoms with Gasteiger partial charge in [-0.1, -0.05) is 31.7 Å². The molecule has 1 aromatic carbocycles. The molecule has 0 aliphatic carbocycles. The number of benzene rings is 1. The fraction of sp³-hybridized carbons (Fsp3) is 0.438. The summed E-state index contributed by atoms with van der Waals surface area (Å²) in [6.07, 6.45) is -4.44. The Morgan fingerprint density at radius 1 is 1.32 bits per heavy atom. The number of nitrogens with zero attached hydrogens (tertiary/aromatic N) is 3. The highest BCUT2D eigenvalue weighted by Crippen LogP contribution is 2.30. The van der Waals surface area contributed by atoms with Crippen LogP contribution in [0.2, 0.25) is 0 Å². The Hall–Kier alpha value is -2.03. The average molecular weight is 372 g/mol. The zero-order valence-corrected chi connectivity index (χ0v) is 14.9. The molecule has 1 N–H and O–H groups in total. The molecule has 0 bridgehead atoms. The standard InChI is InChI=1S/C16H19F3N4OS/c1-10(2)8-23-11(3)21-22-15(23)25-9-14(24)20-13-6-4-5-12(7-13)16(17,18)19/h4-7,10H,8-9H2,1-3H3,(H,20,24). The predicted octanol–water partition coefficient (Wildman–Crippen LogP) is 3.99. The van der Waals surface area contributed by atoms with Crippen LogP contribution in [0.5, 0.6) is 0 Å². The second-order valence-corrected chi connectivity index (χ2v) is 6.89. The second-order valence-electron chi connectivity index (χ2n) is 5.95. The average Bonchev–Trinajstić information content (AvgIpc) is 2.85. The summed E-state index contributed by atoms with van der Waals surface area (Å²) in [5.74, 6) is 0.787. The number of hydrogen-bond donors (Lipinski definition) is 1. The van der Waals surface area contributed by atoms with E-state index in [9.17, 15) is 18.0 Å². The molecule has 2 rings (SSSR count). The van der Waals surface area contributed by atoms with Crippen LogP contribution in [0.1, 0.15) is 25.2 Å². The van der Waals surface area contributed by atoms with Crippen LogP contribution in [0.15, 0.2) is 29.4 Å². The molecule has 0 atom stereocenters. The van der Waals surface area contributed by atoms with E-state index in [-0.39, 0.29) is 11.4 Å². The number of aryl methyl sites for hydroxylation is 1. The number of rotatable bonds is 6. The maximum Gasteiger partial charge on any atom is 0.416 e. The lowest BCUT2D eigenvalue weighted by molar-refractivity contribution is -0.137. The van der Waals surface area contributed by atoms with Gasteiger partial charge in [0.25, 0.3) is 0 Å². The third kappa shape index (κ3) is 5.48. The van der Waals surface area contributed by atoms with Crippen molar-refractivity contribution < 1.29 is 18.0 Å². The van der Waals surface area contributed by atoms with E-state index >= 15 is 0 Å². The maximum absolute atomic E-state index is 12.7. The Morgan fingerprint density at radius 2 is 2.04 bits per heavy atom. The first-order valence-electron chi connectivity index (χ1n) is 7.66. The minimum Gasteiger partial charge on any atom is -0.325 e. The summed E-state index contributed by atoms with van der Waals surface area (Å²) in [6, 6.07) is 4.55. The van der Waals surface area contributed by atoms with Gasteiger partial charge >= 0.3 is 6.18 Å². The lowest BCUT2D eigenvalue weighted by Crippen LogP contribution is -2.16. The molecule has 2 aromatic rings. The van der Waals surface area contributed by atoms with Crippen molar-refractivity contribution >= 4 is 23.4 Å². The van der Waals surface area contributed by atoms with Crippen LogP contribution >= 0.6 is 11.8 Å². The molecule has 136 valence electrons. The van der Waals surface area contributed by atoms with Crippen LogP contribution in [0.3, 0.4) is 0 Å². The molecule has 5 nitrogen and oxygen atoms in total. The number of nitrogens with one attached hydrogen (secondary N) is 1. The van der Waals surface area contributed by atoms with Crippen molar-refractivity contribution in [3.8, 4) is 0 Å². The lowest BCUT2D eigenvalue weighted by Gasteiger charge is -2.11. The molecule has 0 spiro atoms. The van der Waals surface area contributed by atoms with Crippen molar-refractivity contribution in [1.82, 2.24) is 14.8 Å². The van der Waals surface area contributed by atoms with Crippen LogP contribution < -0.4 is 5.32 Å². The number of aromatic nitrogens is 3. The molecule has 0 saturated carbocycles. The summed E-state index contributed by atoms with van der Waals surface area (Å²) in [4.78, 5) is 12.0. The van der Waals surface area contributed by atoms with Crippen LogP contribution in [-0.2, 0) is 17.5 Å². The van der Waals surface area contributed by atoms with Crippen molar-refractivity contribution in [2.24, 2.45) is 5.92 Å². The summed E-state index contributed by atoms with van der Waals surface area (Å²) in [6.45, 7) is 6.70. The highest BCUT2D eigenvalue weighted by Gasteiger charge is 2.30. The number of hydrogen-bond acceptors (Lipinski definition) is 4. The van der Waals surface area contributed by atoms with Crippen LogP contribution in [0.4, 0.5) is 18.9 Å². The van der Waals surface area contributed by atoms with Gasteiger partial charge in [0.15, 0.2) is 5.16 Å². The van der Waals surface area contributed by atoms with Crippen LogP contribution in [0, 0.1) is 12.8 Å².